The van der Waals surface area contributed by atoms with Crippen LogP contribution >= 0.6 is 11.6 Å². The topological polar surface area (TPSA) is 97.6 Å². The second kappa shape index (κ2) is 10.4. The van der Waals surface area contributed by atoms with Crippen molar-refractivity contribution in [3.05, 3.63) is 88.0 Å². The summed E-state index contributed by atoms with van der Waals surface area (Å²) in [5.41, 5.74) is 1.60. The molecule has 0 aliphatic carbocycles. The van der Waals surface area contributed by atoms with Gasteiger partial charge in [0.25, 0.3) is 5.91 Å². The molecule has 1 heterocycles. The van der Waals surface area contributed by atoms with E-state index in [1.165, 1.54) is 6.92 Å². The molecule has 178 valence electrons. The lowest BCUT2D eigenvalue weighted by molar-refractivity contribution is -0.122. The number of carbonyl (C=O) groups is 2. The molecule has 0 radical (unpaired) electrons. The Bertz CT molecular complexity index is 1450. The maximum Gasteiger partial charge on any atom is 0.265 e. The zero-order chi connectivity index (χ0) is 24.9. The Balaban J connectivity index is 1.67. The Labute approximate surface area is 206 Å². The lowest BCUT2D eigenvalue weighted by Gasteiger charge is -2.19. The largest absolute Gasteiger partial charge is 0.473 e. The smallest absolute Gasteiger partial charge is 0.265 e. The third kappa shape index (κ3) is 5.36. The number of halogens is 1. The molecule has 1 unspecified atom stereocenters. The predicted molar refractivity (Wildman–Crippen MR) is 137 cm³/mol. The second-order valence-electron chi connectivity index (χ2n) is 7.83. The van der Waals surface area contributed by atoms with Crippen molar-refractivity contribution in [2.45, 2.75) is 26.4 Å². The second-order valence-corrected chi connectivity index (χ2v) is 8.24. The molecule has 0 bridgehead atoms. The van der Waals surface area contributed by atoms with E-state index in [0.29, 0.717) is 39.4 Å². The number of anilines is 2. The number of carbonyl (C=O) groups excluding carboxylic acids is 2. The van der Waals surface area contributed by atoms with Crippen molar-refractivity contribution >= 4 is 45.8 Å². The first-order valence-electron chi connectivity index (χ1n) is 11.0. The number of hydrogen-bond acceptors (Lipinski definition) is 5. The third-order valence-electron chi connectivity index (χ3n) is 5.27. The van der Waals surface area contributed by atoms with Gasteiger partial charge in [-0.1, -0.05) is 42.8 Å². The van der Waals surface area contributed by atoms with Crippen LogP contribution in [0.25, 0.3) is 22.3 Å². The SMILES string of the molecule is CCC(Oc1c(-c2ccccc2Cl)oc2ccccc2c1=O)C(=O)Nc1ccc(NC(C)=O)cc1. The third-order valence-corrected chi connectivity index (χ3v) is 5.60. The summed E-state index contributed by atoms with van der Waals surface area (Å²) < 4.78 is 12.1. The highest BCUT2D eigenvalue weighted by molar-refractivity contribution is 6.33. The number of para-hydroxylation sites is 1. The number of fused-ring (bicyclic) bond motifs is 1. The minimum Gasteiger partial charge on any atom is -0.473 e. The molecule has 1 aromatic heterocycles. The zero-order valence-corrected chi connectivity index (χ0v) is 19.9. The van der Waals surface area contributed by atoms with Crippen LogP contribution in [-0.4, -0.2) is 17.9 Å². The van der Waals surface area contributed by atoms with Crippen molar-refractivity contribution in [1.29, 1.82) is 0 Å². The van der Waals surface area contributed by atoms with E-state index in [0.717, 1.165) is 0 Å². The van der Waals surface area contributed by atoms with Gasteiger partial charge in [-0.15, -0.1) is 0 Å². The normalized spacial score (nSPS) is 11.6. The molecule has 1 atom stereocenters. The van der Waals surface area contributed by atoms with Crippen molar-refractivity contribution < 1.29 is 18.7 Å². The molecule has 35 heavy (non-hydrogen) atoms. The quantitative estimate of drug-likeness (QED) is 0.337. The first-order valence-corrected chi connectivity index (χ1v) is 11.4. The summed E-state index contributed by atoms with van der Waals surface area (Å²) in [6.45, 7) is 3.20. The number of amides is 2. The van der Waals surface area contributed by atoms with Crippen LogP contribution in [0.1, 0.15) is 20.3 Å². The summed E-state index contributed by atoms with van der Waals surface area (Å²) in [5.74, 6) is -0.549. The van der Waals surface area contributed by atoms with Gasteiger partial charge in [-0.3, -0.25) is 14.4 Å². The first-order chi connectivity index (χ1) is 16.9. The summed E-state index contributed by atoms with van der Waals surface area (Å²) in [6.07, 6.45) is -0.681. The summed E-state index contributed by atoms with van der Waals surface area (Å²) >= 11 is 6.40. The van der Waals surface area contributed by atoms with Gasteiger partial charge in [0.05, 0.1) is 10.4 Å². The van der Waals surface area contributed by atoms with E-state index in [1.54, 1.807) is 79.7 Å². The zero-order valence-electron chi connectivity index (χ0n) is 19.1. The molecule has 0 fully saturated rings. The van der Waals surface area contributed by atoms with Crippen LogP contribution in [0.4, 0.5) is 11.4 Å². The van der Waals surface area contributed by atoms with Crippen molar-refractivity contribution in [3.63, 3.8) is 0 Å². The van der Waals surface area contributed by atoms with Crippen LogP contribution in [0.2, 0.25) is 5.02 Å². The molecule has 8 heteroatoms. The lowest BCUT2D eigenvalue weighted by Crippen LogP contribution is -2.34. The Morgan fingerprint density at radius 3 is 2.23 bits per heavy atom. The average molecular weight is 491 g/mol. The molecule has 0 saturated heterocycles. The number of ether oxygens (including phenoxy) is 1. The van der Waals surface area contributed by atoms with Crippen LogP contribution in [0.3, 0.4) is 0 Å². The van der Waals surface area contributed by atoms with Crippen molar-refractivity contribution in [2.24, 2.45) is 0 Å². The van der Waals surface area contributed by atoms with E-state index in [4.69, 9.17) is 20.8 Å². The summed E-state index contributed by atoms with van der Waals surface area (Å²) in [6, 6.07) is 20.4. The molecule has 0 aliphatic rings. The van der Waals surface area contributed by atoms with Crippen LogP contribution in [0.5, 0.6) is 5.75 Å². The molecular weight excluding hydrogens is 468 g/mol. The van der Waals surface area contributed by atoms with E-state index < -0.39 is 17.4 Å². The summed E-state index contributed by atoms with van der Waals surface area (Å²) in [7, 11) is 0. The maximum atomic E-state index is 13.4. The molecule has 0 spiro atoms. The van der Waals surface area contributed by atoms with Gasteiger partial charge in [0, 0.05) is 23.9 Å². The number of nitrogens with one attached hydrogen (secondary N) is 2. The van der Waals surface area contributed by atoms with Crippen LogP contribution in [0.15, 0.2) is 82.0 Å². The molecule has 4 rings (SSSR count). The molecule has 3 aromatic carbocycles. The molecular formula is C27H23ClN2O5. The van der Waals surface area contributed by atoms with Gasteiger partial charge in [-0.25, -0.2) is 0 Å². The summed E-state index contributed by atoms with van der Waals surface area (Å²) in [4.78, 5) is 37.6. The first kappa shape index (κ1) is 24.0. The summed E-state index contributed by atoms with van der Waals surface area (Å²) in [5, 5.41) is 6.17. The molecule has 4 aromatic rings. The van der Waals surface area contributed by atoms with Gasteiger partial charge < -0.3 is 19.8 Å². The monoisotopic (exact) mass is 490 g/mol. The highest BCUT2D eigenvalue weighted by Gasteiger charge is 2.25. The predicted octanol–water partition coefficient (Wildman–Crippen LogP) is 5.87. The molecule has 2 amide bonds. The van der Waals surface area contributed by atoms with Gasteiger partial charge >= 0.3 is 0 Å². The van der Waals surface area contributed by atoms with E-state index in [2.05, 4.69) is 10.6 Å². The highest BCUT2D eigenvalue weighted by Crippen LogP contribution is 2.35. The Hall–Kier alpha value is -4.10. The fourth-order valence-electron chi connectivity index (χ4n) is 3.58. The van der Waals surface area contributed by atoms with Gasteiger partial charge in [0.2, 0.25) is 17.1 Å². The van der Waals surface area contributed by atoms with Crippen LogP contribution in [-0.2, 0) is 9.59 Å². The number of rotatable bonds is 7. The Morgan fingerprint density at radius 1 is 0.943 bits per heavy atom. The van der Waals surface area contributed by atoms with Gasteiger partial charge in [0.15, 0.2) is 11.9 Å². The molecule has 0 saturated carbocycles. The Morgan fingerprint density at radius 2 is 1.57 bits per heavy atom. The van der Waals surface area contributed by atoms with Gasteiger partial charge in [-0.2, -0.15) is 0 Å². The standard InChI is InChI=1S/C27H23ClN2O5/c1-3-22(27(33)30-18-14-12-17(13-15-18)29-16(2)31)34-26-24(32)20-9-5-7-11-23(20)35-25(26)19-8-4-6-10-21(19)28/h4-15,22H,3H2,1-2H3,(H,29,31)(H,30,33). The van der Waals surface area contributed by atoms with E-state index in [-0.39, 0.29) is 17.4 Å². The minimum absolute atomic E-state index is 0.0835. The van der Waals surface area contributed by atoms with Crippen LogP contribution in [0, 0.1) is 0 Å². The Kier molecular flexibility index (Phi) is 7.17. The van der Waals surface area contributed by atoms with Crippen molar-refractivity contribution in [3.8, 4) is 17.1 Å². The molecule has 0 aliphatic heterocycles. The minimum atomic E-state index is -0.977. The number of hydrogen-bond donors (Lipinski definition) is 2. The average Bonchev–Trinajstić information content (AvgIpc) is 2.84. The maximum absolute atomic E-state index is 13.4. The number of benzene rings is 3. The van der Waals surface area contributed by atoms with E-state index in [9.17, 15) is 14.4 Å². The van der Waals surface area contributed by atoms with Gasteiger partial charge in [-0.05, 0) is 55.0 Å². The van der Waals surface area contributed by atoms with Crippen LogP contribution < -0.4 is 20.8 Å². The van der Waals surface area contributed by atoms with E-state index in [1.807, 2.05) is 0 Å². The van der Waals surface area contributed by atoms with E-state index >= 15 is 0 Å². The molecule has 2 N–H and O–H groups in total. The fraction of sp³-hybridized carbons (Fsp3) is 0.148. The fourth-order valence-corrected chi connectivity index (χ4v) is 3.80. The highest BCUT2D eigenvalue weighted by atomic mass is 35.5. The van der Waals surface area contributed by atoms with Crippen molar-refractivity contribution in [2.75, 3.05) is 10.6 Å². The van der Waals surface area contributed by atoms with Gasteiger partial charge in [0.1, 0.15) is 5.58 Å². The molecule has 7 nitrogen and oxygen atoms in total. The lowest BCUT2D eigenvalue weighted by atomic mass is 10.1. The van der Waals surface area contributed by atoms with Crippen molar-refractivity contribution in [1.82, 2.24) is 0 Å².